The molecule has 278 valence electrons. The predicted octanol–water partition coefficient (Wildman–Crippen LogP) is 14.3. The van der Waals surface area contributed by atoms with Crippen molar-refractivity contribution in [1.82, 2.24) is 0 Å². The highest BCUT2D eigenvalue weighted by molar-refractivity contribution is 5.82. The Morgan fingerprint density at radius 1 is 0.796 bits per heavy atom. The molecule has 1 unspecified atom stereocenters. The molecule has 0 spiro atoms. The Balaban J connectivity index is 1.13. The summed E-state index contributed by atoms with van der Waals surface area (Å²) in [6.45, 7) is 14.9. The largest absolute Gasteiger partial charge is 0.459 e. The lowest BCUT2D eigenvalue weighted by atomic mass is 9.47. The number of fused-ring (bicyclic) bond motifs is 5. The van der Waals surface area contributed by atoms with Crippen molar-refractivity contribution in [2.45, 2.75) is 195 Å². The second-order valence-corrected chi connectivity index (χ2v) is 18.1. The molecule has 8 atom stereocenters. The van der Waals surface area contributed by atoms with Gasteiger partial charge in [0.05, 0.1) is 0 Å². The number of ether oxygens (including phenoxy) is 1. The Kier molecular flexibility index (Phi) is 16.8. The van der Waals surface area contributed by atoms with Gasteiger partial charge in [-0.15, -0.1) is 0 Å². The second-order valence-electron chi connectivity index (χ2n) is 18.1. The zero-order chi connectivity index (χ0) is 35.1. The molecule has 2 nitrogen and oxygen atoms in total. The molecule has 0 aromatic carbocycles. The summed E-state index contributed by atoms with van der Waals surface area (Å²) in [6, 6.07) is 0. The monoisotopic (exact) mass is 675 g/mol. The fourth-order valence-corrected chi connectivity index (χ4v) is 11.3. The van der Waals surface area contributed by atoms with E-state index in [9.17, 15) is 4.79 Å². The Bertz CT molecular complexity index is 1090. The average Bonchev–Trinajstić information content (AvgIpc) is 3.43. The Morgan fingerprint density at radius 2 is 1.49 bits per heavy atom. The van der Waals surface area contributed by atoms with Crippen molar-refractivity contribution in [3.63, 3.8) is 0 Å². The van der Waals surface area contributed by atoms with Gasteiger partial charge in [-0.05, 0) is 104 Å². The lowest BCUT2D eigenvalue weighted by molar-refractivity contribution is -0.145. The van der Waals surface area contributed by atoms with Gasteiger partial charge in [-0.2, -0.15) is 0 Å². The van der Waals surface area contributed by atoms with Crippen molar-refractivity contribution < 1.29 is 9.53 Å². The van der Waals surface area contributed by atoms with Crippen LogP contribution in [0.4, 0.5) is 0 Å². The SMILES string of the molecule is CCCCCCCCCCCCCC=CC=CC=CC(=O)O[C@H]1CC[C@@]2(C)C(=CC[C@H]3[C@@H]4CC[C@H](C(C)CCCC(C)C)[C@@]4(C)CC[C@@H]32)C1. The maximum Gasteiger partial charge on any atom is 0.331 e. The Labute approximate surface area is 304 Å². The molecule has 0 aromatic heterocycles. The first kappa shape index (κ1) is 40.2. The Morgan fingerprint density at radius 3 is 2.20 bits per heavy atom. The van der Waals surface area contributed by atoms with E-state index in [1.54, 1.807) is 11.6 Å². The number of rotatable bonds is 21. The van der Waals surface area contributed by atoms with Gasteiger partial charge < -0.3 is 4.74 Å². The van der Waals surface area contributed by atoms with Crippen molar-refractivity contribution in [2.75, 3.05) is 0 Å². The van der Waals surface area contributed by atoms with E-state index in [1.807, 2.05) is 18.2 Å². The molecule has 0 radical (unpaired) electrons. The minimum atomic E-state index is -0.189. The van der Waals surface area contributed by atoms with Gasteiger partial charge in [0.2, 0.25) is 0 Å². The normalized spacial score (nSPS) is 32.1. The summed E-state index contributed by atoms with van der Waals surface area (Å²) in [5.74, 6) is 4.98. The smallest absolute Gasteiger partial charge is 0.331 e. The van der Waals surface area contributed by atoms with Gasteiger partial charge >= 0.3 is 5.97 Å². The summed E-state index contributed by atoms with van der Waals surface area (Å²) >= 11 is 0. The van der Waals surface area contributed by atoms with Gasteiger partial charge in [0, 0.05) is 12.5 Å². The predicted molar refractivity (Wildman–Crippen MR) is 211 cm³/mol. The van der Waals surface area contributed by atoms with Crippen LogP contribution in [0.1, 0.15) is 189 Å². The fraction of sp³-hybridized carbons (Fsp3) is 0.809. The van der Waals surface area contributed by atoms with Crippen molar-refractivity contribution in [3.8, 4) is 0 Å². The lowest BCUT2D eigenvalue weighted by Crippen LogP contribution is -2.51. The van der Waals surface area contributed by atoms with E-state index in [2.05, 4.69) is 59.8 Å². The van der Waals surface area contributed by atoms with Crippen LogP contribution in [0.25, 0.3) is 0 Å². The standard InChI is InChI=1S/C47H78O2/c1-7-8-9-10-11-12-13-14-15-16-17-18-19-20-21-22-23-27-45(48)49-40-32-34-46(5)39(36-40)28-29-41-43-31-30-42(38(4)26-24-25-37(2)3)47(43,6)35-33-44(41)46/h19-23,27-28,37-38,40-44H,7-18,24-26,29-36H2,1-6H3/t38?,40-,41-,42+,43-,44-,46-,47+/m0/s1. The third-order valence-corrected chi connectivity index (χ3v) is 14.2. The van der Waals surface area contributed by atoms with E-state index in [0.717, 1.165) is 54.8 Å². The van der Waals surface area contributed by atoms with Crippen molar-refractivity contribution in [3.05, 3.63) is 48.1 Å². The number of carbonyl (C=O) groups excluding carboxylic acids is 1. The molecule has 0 aliphatic heterocycles. The molecule has 0 heterocycles. The van der Waals surface area contributed by atoms with E-state index in [0.29, 0.717) is 10.8 Å². The molecule has 49 heavy (non-hydrogen) atoms. The first-order valence-electron chi connectivity index (χ1n) is 21.6. The molecule has 4 aliphatic carbocycles. The van der Waals surface area contributed by atoms with Crippen LogP contribution in [0.5, 0.6) is 0 Å². The van der Waals surface area contributed by atoms with Crippen molar-refractivity contribution in [1.29, 1.82) is 0 Å². The molecular formula is C47H78O2. The topological polar surface area (TPSA) is 26.3 Å². The molecule has 0 amide bonds. The molecule has 0 N–H and O–H groups in total. The quantitative estimate of drug-likeness (QED) is 0.0398. The summed E-state index contributed by atoms with van der Waals surface area (Å²) in [6.07, 6.45) is 45.2. The van der Waals surface area contributed by atoms with Crippen LogP contribution < -0.4 is 0 Å². The number of allylic oxidation sites excluding steroid dienone is 6. The number of unbranched alkanes of at least 4 members (excludes halogenated alkanes) is 11. The average molecular weight is 675 g/mol. The zero-order valence-electron chi connectivity index (χ0n) is 33.2. The summed E-state index contributed by atoms with van der Waals surface area (Å²) < 4.78 is 6.00. The number of hydrogen-bond acceptors (Lipinski definition) is 2. The Hall–Kier alpha value is -1.57. The van der Waals surface area contributed by atoms with Gasteiger partial charge in [0.1, 0.15) is 6.10 Å². The summed E-state index contributed by atoms with van der Waals surface area (Å²) in [7, 11) is 0. The third-order valence-electron chi connectivity index (χ3n) is 14.2. The van der Waals surface area contributed by atoms with E-state index in [4.69, 9.17) is 4.74 Å². The molecule has 0 aromatic rings. The molecule has 3 fully saturated rings. The molecule has 4 rings (SSSR count). The van der Waals surface area contributed by atoms with Crippen LogP contribution >= 0.6 is 0 Å². The summed E-state index contributed by atoms with van der Waals surface area (Å²) in [5.41, 5.74) is 2.44. The van der Waals surface area contributed by atoms with E-state index >= 15 is 0 Å². The first-order valence-corrected chi connectivity index (χ1v) is 21.6. The van der Waals surface area contributed by atoms with Crippen LogP contribution in [0.15, 0.2) is 48.1 Å². The first-order chi connectivity index (χ1) is 23.7. The molecule has 2 heteroatoms. The second kappa shape index (κ2) is 20.5. The number of hydrogen-bond donors (Lipinski definition) is 0. The highest BCUT2D eigenvalue weighted by atomic mass is 16.5. The minimum Gasteiger partial charge on any atom is -0.459 e. The molecular weight excluding hydrogens is 597 g/mol. The fourth-order valence-electron chi connectivity index (χ4n) is 11.3. The van der Waals surface area contributed by atoms with Crippen LogP contribution in [-0.4, -0.2) is 12.1 Å². The zero-order valence-corrected chi connectivity index (χ0v) is 33.2. The van der Waals surface area contributed by atoms with E-state index in [-0.39, 0.29) is 12.1 Å². The molecule has 3 saturated carbocycles. The highest BCUT2D eigenvalue weighted by Crippen LogP contribution is 2.67. The van der Waals surface area contributed by atoms with Gasteiger partial charge in [-0.1, -0.05) is 167 Å². The van der Waals surface area contributed by atoms with Crippen LogP contribution in [0.2, 0.25) is 0 Å². The van der Waals surface area contributed by atoms with Crippen LogP contribution in [0, 0.1) is 46.3 Å². The van der Waals surface area contributed by atoms with Gasteiger partial charge in [-0.3, -0.25) is 0 Å². The minimum absolute atomic E-state index is 0.0269. The van der Waals surface area contributed by atoms with Gasteiger partial charge in [0.25, 0.3) is 0 Å². The molecule has 0 bridgehead atoms. The third kappa shape index (κ3) is 11.5. The molecule has 4 aliphatic rings. The molecule has 0 saturated heterocycles. The highest BCUT2D eigenvalue weighted by Gasteiger charge is 2.59. The van der Waals surface area contributed by atoms with E-state index in [1.165, 1.54) is 128 Å². The van der Waals surface area contributed by atoms with Crippen molar-refractivity contribution in [2.24, 2.45) is 46.3 Å². The number of carbonyl (C=O) groups is 1. The van der Waals surface area contributed by atoms with Gasteiger partial charge in [0.15, 0.2) is 0 Å². The van der Waals surface area contributed by atoms with E-state index < -0.39 is 0 Å². The lowest BCUT2D eigenvalue weighted by Gasteiger charge is -2.58. The number of esters is 1. The van der Waals surface area contributed by atoms with Crippen LogP contribution in [0.3, 0.4) is 0 Å². The maximum absolute atomic E-state index is 12.7. The summed E-state index contributed by atoms with van der Waals surface area (Å²) in [4.78, 5) is 12.7. The van der Waals surface area contributed by atoms with Crippen molar-refractivity contribution >= 4 is 5.97 Å². The van der Waals surface area contributed by atoms with Gasteiger partial charge in [-0.25, -0.2) is 4.79 Å². The summed E-state index contributed by atoms with van der Waals surface area (Å²) in [5, 5.41) is 0. The maximum atomic E-state index is 12.7. The van der Waals surface area contributed by atoms with Crippen LogP contribution in [-0.2, 0) is 9.53 Å².